The van der Waals surface area contributed by atoms with Crippen LogP contribution in [0.3, 0.4) is 0 Å². The Morgan fingerprint density at radius 3 is 1.56 bits per heavy atom. The van der Waals surface area contributed by atoms with Gasteiger partial charge < -0.3 is 10.2 Å². The number of non-ortho nitro benzene ring substituents is 2. The van der Waals surface area contributed by atoms with Crippen molar-refractivity contribution in [2.45, 2.75) is 0 Å². The summed E-state index contributed by atoms with van der Waals surface area (Å²) in [6.07, 6.45) is 2.60. The highest BCUT2D eigenvalue weighted by Gasteiger charge is 2.33. The number of nitro groups is 2. The molecule has 2 aromatic carbocycles. The van der Waals surface area contributed by atoms with Crippen molar-refractivity contribution in [3.8, 4) is 0 Å². The molecule has 1 aliphatic rings. The number of aliphatic hydroxyl groups excluding tert-OH is 2. The number of fused-ring (bicyclic) bond motifs is 2. The molecule has 2 N–H and O–H groups in total. The zero-order chi connectivity index (χ0) is 24.1. The van der Waals surface area contributed by atoms with Crippen LogP contribution in [-0.2, 0) is 4.79 Å². The minimum absolute atomic E-state index is 0.0981. The molecule has 0 unspecified atom stereocenters. The number of Topliss-reactive ketones (excluding diaryl/α,β-unsaturated/α-hetero) is 1. The molecule has 0 radical (unpaired) electrons. The van der Waals surface area contributed by atoms with Crippen LogP contribution < -0.4 is 0 Å². The third-order valence-electron chi connectivity index (χ3n) is 4.96. The number of allylic oxidation sites excluding steroid dienone is 2. The Kier molecular flexibility index (Phi) is 4.92. The maximum atomic E-state index is 12.9. The maximum absolute atomic E-state index is 12.9. The van der Waals surface area contributed by atoms with Gasteiger partial charge in [-0.15, -0.1) is 22.7 Å². The highest BCUT2D eigenvalue weighted by molar-refractivity contribution is 7.19. The molecule has 13 heteroatoms. The first kappa shape index (κ1) is 21.4. The molecule has 11 nitrogen and oxygen atoms in total. The molecule has 0 atom stereocenters. The van der Waals surface area contributed by atoms with Crippen LogP contribution in [0, 0.1) is 20.2 Å². The third-order valence-corrected chi connectivity index (χ3v) is 6.89. The number of aliphatic hydroxyl groups is 2. The summed E-state index contributed by atoms with van der Waals surface area (Å²) < 4.78 is 1.05. The van der Waals surface area contributed by atoms with Crippen molar-refractivity contribution in [2.24, 2.45) is 0 Å². The summed E-state index contributed by atoms with van der Waals surface area (Å²) in [7, 11) is 0. The number of carbonyl (C=O) groups excluding carboxylic acids is 1. The normalized spacial score (nSPS) is 16.4. The Bertz CT molecular complexity index is 1540. The van der Waals surface area contributed by atoms with E-state index in [1.807, 2.05) is 0 Å². The number of aromatic nitrogens is 2. The van der Waals surface area contributed by atoms with Gasteiger partial charge in [-0.1, -0.05) is 0 Å². The number of nitrogens with zero attached hydrogens (tertiary/aromatic N) is 4. The SMILES string of the molecule is O=C1C(=Cc2nc3ccc([N+](=O)[O-])cc3s2)C(O)=C(O)/C1=C\c1nc2ccc([N+](=O)[O-])cc2s1. The van der Waals surface area contributed by atoms with E-state index in [0.29, 0.717) is 30.4 Å². The summed E-state index contributed by atoms with van der Waals surface area (Å²) in [4.78, 5) is 42.4. The van der Waals surface area contributed by atoms with E-state index in [4.69, 9.17) is 0 Å². The fourth-order valence-corrected chi connectivity index (χ4v) is 5.23. The van der Waals surface area contributed by atoms with Crippen molar-refractivity contribution in [2.75, 3.05) is 0 Å². The zero-order valence-electron chi connectivity index (χ0n) is 16.7. The Morgan fingerprint density at radius 2 is 1.18 bits per heavy atom. The Labute approximate surface area is 196 Å². The first-order valence-corrected chi connectivity index (χ1v) is 11.1. The van der Waals surface area contributed by atoms with Crippen LogP contribution in [0.2, 0.25) is 0 Å². The van der Waals surface area contributed by atoms with E-state index < -0.39 is 27.1 Å². The van der Waals surface area contributed by atoms with E-state index >= 15 is 0 Å². The van der Waals surface area contributed by atoms with Crippen molar-refractivity contribution in [3.63, 3.8) is 0 Å². The van der Waals surface area contributed by atoms with Crippen LogP contribution >= 0.6 is 22.7 Å². The lowest BCUT2D eigenvalue weighted by molar-refractivity contribution is -0.384. The van der Waals surface area contributed by atoms with E-state index in [9.17, 15) is 35.2 Å². The molecule has 0 amide bonds. The number of nitro benzene ring substituents is 2. The molecule has 168 valence electrons. The van der Waals surface area contributed by atoms with Gasteiger partial charge in [0.25, 0.3) is 11.4 Å². The van der Waals surface area contributed by atoms with Crippen molar-refractivity contribution >= 4 is 72.4 Å². The number of hydrogen-bond acceptors (Lipinski definition) is 11. The minimum atomic E-state index is -0.662. The molecule has 4 aromatic rings. The van der Waals surface area contributed by atoms with Gasteiger partial charge in [-0.2, -0.15) is 0 Å². The molecule has 34 heavy (non-hydrogen) atoms. The van der Waals surface area contributed by atoms with Crippen LogP contribution in [0.5, 0.6) is 0 Å². The van der Waals surface area contributed by atoms with Gasteiger partial charge in [0.05, 0.1) is 41.4 Å². The fraction of sp³-hybridized carbons (Fsp3) is 0. The lowest BCUT2D eigenvalue weighted by Crippen LogP contribution is -1.99. The summed E-state index contributed by atoms with van der Waals surface area (Å²) in [5, 5.41) is 43.3. The van der Waals surface area contributed by atoms with Crippen LogP contribution in [0.1, 0.15) is 10.0 Å². The molecule has 0 fully saturated rings. The van der Waals surface area contributed by atoms with Crippen molar-refractivity contribution < 1.29 is 24.9 Å². The predicted octanol–water partition coefficient (Wildman–Crippen LogP) is 5.10. The van der Waals surface area contributed by atoms with Gasteiger partial charge in [0.1, 0.15) is 10.0 Å². The maximum Gasteiger partial charge on any atom is 0.270 e. The van der Waals surface area contributed by atoms with E-state index in [1.165, 1.54) is 48.6 Å². The van der Waals surface area contributed by atoms with Gasteiger partial charge >= 0.3 is 0 Å². The quantitative estimate of drug-likeness (QED) is 0.222. The molecule has 2 heterocycles. The third kappa shape index (κ3) is 3.58. The van der Waals surface area contributed by atoms with Crippen molar-refractivity contribution in [1.29, 1.82) is 0 Å². The van der Waals surface area contributed by atoms with Gasteiger partial charge in [-0.3, -0.25) is 25.0 Å². The average Bonchev–Trinajstić information content (AvgIpc) is 3.45. The van der Waals surface area contributed by atoms with Crippen LogP contribution in [-0.4, -0.2) is 35.8 Å². The molecule has 5 rings (SSSR count). The molecular weight excluding hydrogens is 484 g/mol. The van der Waals surface area contributed by atoms with Gasteiger partial charge in [-0.05, 0) is 24.3 Å². The van der Waals surface area contributed by atoms with E-state index in [-0.39, 0.29) is 22.5 Å². The largest absolute Gasteiger partial charge is 0.504 e. The van der Waals surface area contributed by atoms with E-state index in [2.05, 4.69) is 9.97 Å². The van der Waals surface area contributed by atoms with Crippen LogP contribution in [0.25, 0.3) is 32.6 Å². The summed E-state index contributed by atoms with van der Waals surface area (Å²) >= 11 is 2.18. The zero-order valence-corrected chi connectivity index (χ0v) is 18.3. The Morgan fingerprint density at radius 1 is 0.765 bits per heavy atom. The number of rotatable bonds is 4. The fourth-order valence-electron chi connectivity index (χ4n) is 3.34. The number of thiazole rings is 2. The standard InChI is InChI=1S/C21H10N4O7S2/c26-19-11(7-17-22-13-3-1-9(24(29)30)5-15(13)33-17)20(27)21(28)12(19)8-18-23-14-4-2-10(25(31)32)6-16(14)34-18/h1-8,27-28H/b11-7-,12-8?. The van der Waals surface area contributed by atoms with Gasteiger partial charge in [0.15, 0.2) is 11.5 Å². The second kappa shape index (κ2) is 7.83. The molecule has 0 aliphatic heterocycles. The first-order chi connectivity index (χ1) is 16.2. The lowest BCUT2D eigenvalue weighted by Gasteiger charge is -1.94. The monoisotopic (exact) mass is 494 g/mol. The first-order valence-electron chi connectivity index (χ1n) is 9.42. The number of ketones is 1. The summed E-state index contributed by atoms with van der Waals surface area (Å²) in [6.45, 7) is 0. The van der Waals surface area contributed by atoms with Crippen LogP contribution in [0.4, 0.5) is 11.4 Å². The highest BCUT2D eigenvalue weighted by Crippen LogP contribution is 2.36. The highest BCUT2D eigenvalue weighted by atomic mass is 32.1. The van der Waals surface area contributed by atoms with Crippen molar-refractivity contribution in [1.82, 2.24) is 9.97 Å². The van der Waals surface area contributed by atoms with Crippen molar-refractivity contribution in [3.05, 3.63) is 89.3 Å². The van der Waals surface area contributed by atoms with E-state index in [0.717, 1.165) is 22.7 Å². The average molecular weight is 494 g/mol. The summed E-state index contributed by atoms with van der Waals surface area (Å²) in [5.74, 6) is -1.91. The summed E-state index contributed by atoms with van der Waals surface area (Å²) in [5.41, 5.74) is 0.404. The molecule has 0 saturated carbocycles. The predicted molar refractivity (Wildman–Crippen MR) is 126 cm³/mol. The lowest BCUT2D eigenvalue weighted by atomic mass is 10.1. The minimum Gasteiger partial charge on any atom is -0.504 e. The molecule has 0 spiro atoms. The molecular formula is C21H10N4O7S2. The molecule has 1 aliphatic carbocycles. The molecule has 0 bridgehead atoms. The summed E-state index contributed by atoms with van der Waals surface area (Å²) in [6, 6.07) is 8.33. The number of hydrogen-bond donors (Lipinski definition) is 2. The number of carbonyl (C=O) groups is 1. The van der Waals surface area contributed by atoms with Gasteiger partial charge in [-0.25, -0.2) is 9.97 Å². The topological polar surface area (TPSA) is 170 Å². The Hall–Kier alpha value is -4.49. The number of benzene rings is 2. The molecule has 0 saturated heterocycles. The van der Waals surface area contributed by atoms with Gasteiger partial charge in [0.2, 0.25) is 5.78 Å². The smallest absolute Gasteiger partial charge is 0.270 e. The second-order valence-corrected chi connectivity index (χ2v) is 9.19. The Balaban J connectivity index is 1.51. The van der Waals surface area contributed by atoms with Crippen LogP contribution in [0.15, 0.2) is 59.1 Å². The van der Waals surface area contributed by atoms with E-state index in [1.54, 1.807) is 0 Å². The molecule has 2 aromatic heterocycles. The second-order valence-electron chi connectivity index (χ2n) is 7.06. The van der Waals surface area contributed by atoms with Gasteiger partial charge in [0, 0.05) is 24.3 Å².